The van der Waals surface area contributed by atoms with E-state index < -0.39 is 0 Å². The van der Waals surface area contributed by atoms with Gasteiger partial charge in [0.05, 0.1) is 120 Å². The van der Waals surface area contributed by atoms with Crippen LogP contribution in [-0.4, -0.2) is 258 Å². The van der Waals surface area contributed by atoms with Crippen molar-refractivity contribution in [3.8, 4) is 45.4 Å². The van der Waals surface area contributed by atoms with Crippen molar-refractivity contribution in [2.45, 2.75) is 31.7 Å². The van der Waals surface area contributed by atoms with E-state index in [0.29, 0.717) is 106 Å². The van der Waals surface area contributed by atoms with Crippen molar-refractivity contribution in [1.82, 2.24) is 97.2 Å². The molecule has 0 radical (unpaired) electrons. The Hall–Kier alpha value is -15.0. The number of nitrogen functional groups attached to an aromatic ring is 3. The number of nitrogens with one attached hydrogen (secondary N) is 4. The second kappa shape index (κ2) is 37.3. The van der Waals surface area contributed by atoms with Gasteiger partial charge in [-0.15, -0.1) is 0 Å². The van der Waals surface area contributed by atoms with E-state index in [9.17, 15) is 5.11 Å². The van der Waals surface area contributed by atoms with Gasteiger partial charge in [0.1, 0.15) is 51.6 Å². The van der Waals surface area contributed by atoms with Crippen LogP contribution in [-0.2, 0) is 25.5 Å². The van der Waals surface area contributed by atoms with E-state index >= 15 is 0 Å². The maximum atomic E-state index is 9.36. The molecule has 7 aliphatic rings. The summed E-state index contributed by atoms with van der Waals surface area (Å²) < 4.78 is 29.4. The zero-order valence-corrected chi connectivity index (χ0v) is 70.9. The van der Waals surface area contributed by atoms with Gasteiger partial charge in [-0.05, 0) is 121 Å². The number of hydrogen-bond donors (Lipinski definition) is 8. The molecular weight excluding hydrogens is 1630 g/mol. The molecule has 6 saturated heterocycles. The molecule has 5 aromatic carbocycles. The lowest BCUT2D eigenvalue weighted by molar-refractivity contribution is -0.0660. The fourth-order valence-electron chi connectivity index (χ4n) is 16.5. The van der Waals surface area contributed by atoms with Crippen molar-refractivity contribution in [3.63, 3.8) is 0 Å². The molecule has 0 amide bonds. The molecule has 11 aromatic heterocycles. The molecule has 7 aliphatic heterocycles. The number of anilines is 15. The third kappa shape index (κ3) is 18.7. The van der Waals surface area contributed by atoms with Gasteiger partial charge in [-0.25, -0.2) is 54.8 Å². The molecule has 0 bridgehead atoms. The minimum atomic E-state index is -0.151. The molecule has 23 rings (SSSR count). The lowest BCUT2D eigenvalue weighted by atomic mass is 10.0. The number of morpholine rings is 2. The minimum Gasteiger partial charge on any atom is -0.394 e. The van der Waals surface area contributed by atoms with Gasteiger partial charge in [-0.2, -0.15) is 0 Å². The standard InChI is InChI=1S/C24H27N9O.C24H22N6O.C23H25N9O.C21H22N8O2/c1-16-22(25)29-20(12-27-16)21-13-33-7-6-26-24(33)23(30-21)28-17-2-4-18(5-3-17)31-8-10-32(11-9-31)19-14-34-15-19;1-2-18-14-25-15-19(18)13-17(1)22-16-30-8-7-26-24(30)23(28-22)27-20-3-5-21(6-4-20)29-9-11-31-12-10-29;24-21-12-25-11-19(28-21)20-13-32-6-5-26-23(32)22(29-20)27-16-1-3-17(4-2-16)30-7-9-31(10-8-30)18-14-33-15-18;22-19-10-23-9-17(26-19)18-12-29-6-5-24-21(29)20(27-18)25-14-1-3-15(4-2-14)28-7-8-31-16(11-28)13-30/h2-7,12-13,19H,8-11,14-15H2,1H3,(H2,25,29)(H,28,30);1-8,13-14,16H,9-12,15H2,(H,27,28);1-6,11-13,18H,7-10,14-15H2,(H2,24,28)(H,27,29);1-6,9-10,12,16,30H,7-8,11,13H2,(H2,22,26)(H,25,27)/t;;;16-/m...1/s1. The van der Waals surface area contributed by atoms with E-state index in [4.69, 9.17) is 56.1 Å². The van der Waals surface area contributed by atoms with Crippen LogP contribution in [0.2, 0.25) is 0 Å². The van der Waals surface area contributed by atoms with Crippen molar-refractivity contribution in [2.75, 3.05) is 189 Å². The topological polar surface area (TPSA) is 413 Å². The minimum absolute atomic E-state index is 0.0237. The Morgan fingerprint density at radius 1 is 0.395 bits per heavy atom. The summed E-state index contributed by atoms with van der Waals surface area (Å²) in [6.45, 7) is 20.0. The number of benzene rings is 5. The highest BCUT2D eigenvalue weighted by Gasteiger charge is 2.32. The summed E-state index contributed by atoms with van der Waals surface area (Å²) in [4.78, 5) is 81.5. The average Bonchev–Trinajstić information content (AvgIpc) is 1.66. The smallest absolute Gasteiger partial charge is 0.180 e. The number of imidazole rings is 4. The third-order valence-corrected chi connectivity index (χ3v) is 23.7. The molecular formula is C92H96N32O5. The van der Waals surface area contributed by atoms with Gasteiger partial charge < -0.3 is 99.7 Å². The Morgan fingerprint density at radius 3 is 1.19 bits per heavy atom. The molecule has 11 N–H and O–H groups in total. The largest absolute Gasteiger partial charge is 0.394 e. The number of aliphatic hydroxyl groups excluding tert-OH is 1. The Kier molecular flexibility index (Phi) is 23.8. The zero-order valence-electron chi connectivity index (χ0n) is 70.9. The number of aryl methyl sites for hydroxylation is 1. The van der Waals surface area contributed by atoms with Gasteiger partial charge in [0, 0.05) is 210 Å². The number of rotatable bonds is 19. The number of ether oxygens (including phenoxy) is 4. The summed E-state index contributed by atoms with van der Waals surface area (Å²) >= 11 is 0. The first-order valence-corrected chi connectivity index (χ1v) is 43.0. The van der Waals surface area contributed by atoms with Crippen molar-refractivity contribution in [1.29, 1.82) is 0 Å². The highest BCUT2D eigenvalue weighted by atomic mass is 16.5. The molecule has 6 fully saturated rings. The fourth-order valence-corrected chi connectivity index (χ4v) is 16.5. The number of nitrogens with zero attached hydrogens (tertiary/aromatic N) is 25. The van der Waals surface area contributed by atoms with Crippen LogP contribution in [0.5, 0.6) is 0 Å². The van der Waals surface area contributed by atoms with Gasteiger partial charge >= 0.3 is 0 Å². The number of aliphatic hydroxyl groups is 1. The van der Waals surface area contributed by atoms with E-state index in [1.54, 1.807) is 43.4 Å². The summed E-state index contributed by atoms with van der Waals surface area (Å²) in [7, 11) is 0. The Bertz CT molecular complexity index is 6620. The number of fused-ring (bicyclic) bond motifs is 5. The predicted molar refractivity (Wildman–Crippen MR) is 497 cm³/mol. The van der Waals surface area contributed by atoms with Crippen LogP contribution in [0.15, 0.2) is 226 Å². The van der Waals surface area contributed by atoms with E-state index in [-0.39, 0.29) is 12.7 Å². The third-order valence-electron chi connectivity index (χ3n) is 23.7. The molecule has 1 atom stereocenters. The van der Waals surface area contributed by atoms with E-state index in [1.807, 2.05) is 105 Å². The Morgan fingerprint density at radius 2 is 0.791 bits per heavy atom. The van der Waals surface area contributed by atoms with E-state index in [2.05, 4.69) is 196 Å². The van der Waals surface area contributed by atoms with Gasteiger partial charge in [0.25, 0.3) is 0 Å². The second-order valence-corrected chi connectivity index (χ2v) is 32.1. The van der Waals surface area contributed by atoms with Crippen molar-refractivity contribution in [3.05, 3.63) is 237 Å². The predicted octanol–water partition coefficient (Wildman–Crippen LogP) is 9.99. The first-order chi connectivity index (χ1) is 63.4. The van der Waals surface area contributed by atoms with Crippen molar-refractivity contribution >= 4 is 115 Å². The summed E-state index contributed by atoms with van der Waals surface area (Å²) in [6.07, 6.45) is 31.9. The first-order valence-electron chi connectivity index (χ1n) is 43.0. The van der Waals surface area contributed by atoms with Crippen LogP contribution >= 0.6 is 0 Å². The van der Waals surface area contributed by atoms with Gasteiger partial charge in [-0.1, -0.05) is 12.1 Å². The molecule has 37 nitrogen and oxygen atoms in total. The molecule has 16 aromatic rings. The summed E-state index contributed by atoms with van der Waals surface area (Å²) in [5.41, 5.74) is 37.9. The van der Waals surface area contributed by atoms with Crippen molar-refractivity contribution in [2.24, 2.45) is 4.99 Å². The lowest BCUT2D eigenvalue weighted by Crippen LogP contribution is -2.56. The molecule has 0 saturated carbocycles. The summed E-state index contributed by atoms with van der Waals surface area (Å²) in [6, 6.07) is 41.1. The maximum Gasteiger partial charge on any atom is 0.180 e. The molecule has 654 valence electrons. The van der Waals surface area contributed by atoms with Crippen LogP contribution in [0, 0.1) is 6.92 Å². The highest BCUT2D eigenvalue weighted by Crippen LogP contribution is 2.34. The van der Waals surface area contributed by atoms with Gasteiger partial charge in [0.2, 0.25) is 0 Å². The quantitative estimate of drug-likeness (QED) is 0.0373. The number of nitrogens with two attached hydrogens (primary N) is 3. The summed E-state index contributed by atoms with van der Waals surface area (Å²) in [5, 5.41) is 23.0. The van der Waals surface area contributed by atoms with E-state index in [0.717, 1.165) is 181 Å². The average molecular weight is 1730 g/mol. The zero-order chi connectivity index (χ0) is 87.1. The molecule has 0 spiro atoms. The Labute approximate surface area is 741 Å². The highest BCUT2D eigenvalue weighted by molar-refractivity contribution is 5.86. The van der Waals surface area contributed by atoms with Crippen molar-refractivity contribution < 1.29 is 24.1 Å². The van der Waals surface area contributed by atoms with Crippen LogP contribution in [0.3, 0.4) is 0 Å². The van der Waals surface area contributed by atoms with E-state index in [1.165, 1.54) is 40.6 Å². The van der Waals surface area contributed by atoms with Gasteiger partial charge in [-0.3, -0.25) is 29.7 Å². The Balaban J connectivity index is 0.000000108. The van der Waals surface area contributed by atoms with Crippen LogP contribution in [0.1, 0.15) is 16.8 Å². The molecule has 37 heteroatoms. The normalized spacial score (nSPS) is 16.6. The molecule has 129 heavy (non-hydrogen) atoms. The second-order valence-electron chi connectivity index (χ2n) is 32.1. The first kappa shape index (κ1) is 82.3. The number of aromatic nitrogens is 18. The lowest BCUT2D eigenvalue weighted by Gasteiger charge is -2.43. The van der Waals surface area contributed by atoms with Crippen LogP contribution in [0.4, 0.5) is 86.2 Å². The molecule has 0 aliphatic carbocycles. The fraction of sp³-hybridized carbons (Fsp3) is 0.272. The number of aliphatic imine (C=N–C) groups is 1. The molecule has 18 heterocycles. The summed E-state index contributed by atoms with van der Waals surface area (Å²) in [5.74, 6) is 3.72. The SMILES string of the molecule is C1=NCc2cc(-c3cn4ccnc4c(Nc4ccc(N5CCOCC5)cc4)n3)ccc21.Cc1ncc(-c2cn3ccnc3c(Nc3ccc(N4CCN(C5COC5)CC4)cc3)n2)nc1N.Nc1cncc(-c2cn3ccnc3c(Nc3ccc(N4CCN(C5COC5)CC4)cc3)n2)n1.Nc1cncc(-c2cn3ccnc3c(Nc3ccc(N4CCO[C@@H](CO)C4)cc3)n2)n1. The number of hydrogen-bond acceptors (Lipinski definition) is 33. The number of piperazine rings is 2. The van der Waals surface area contributed by atoms with Crippen LogP contribution < -0.4 is 58.1 Å². The van der Waals surface area contributed by atoms with Crippen LogP contribution in [0.25, 0.3) is 68.0 Å². The monoisotopic (exact) mass is 1730 g/mol. The maximum absolute atomic E-state index is 9.36. The molecule has 0 unspecified atom stereocenters. The van der Waals surface area contributed by atoms with Gasteiger partial charge in [0.15, 0.2) is 45.9 Å².